The fraction of sp³-hybridized carbons (Fsp3) is 0.538. The molecule has 3 aromatic rings. The minimum absolute atomic E-state index is 0.0254. The minimum atomic E-state index is -0.384. The van der Waals surface area contributed by atoms with Gasteiger partial charge in [0.25, 0.3) is 0 Å². The molecule has 1 aromatic carbocycles. The van der Waals surface area contributed by atoms with E-state index in [-0.39, 0.29) is 11.9 Å². The number of fused-ring (bicyclic) bond motifs is 1. The third-order valence-corrected chi connectivity index (χ3v) is 7.82. The monoisotopic (exact) mass is 465 g/mol. The normalized spacial score (nSPS) is 22.7. The van der Waals surface area contributed by atoms with Crippen molar-refractivity contribution in [3.8, 4) is 5.75 Å². The lowest BCUT2D eigenvalue weighted by Crippen LogP contribution is -2.52. The van der Waals surface area contributed by atoms with Crippen LogP contribution in [0.3, 0.4) is 0 Å². The number of ether oxygens (including phenoxy) is 1. The highest BCUT2D eigenvalue weighted by Crippen LogP contribution is 2.34. The molecule has 5 rings (SSSR count). The molecular formula is C26H35N5O3. The number of aliphatic hydroxyl groups is 1. The third-order valence-electron chi connectivity index (χ3n) is 7.82. The molecular weight excluding hydrogens is 430 g/mol. The van der Waals surface area contributed by atoms with Crippen LogP contribution in [0.4, 0.5) is 5.69 Å². The lowest BCUT2D eigenvalue weighted by Gasteiger charge is -2.42. The van der Waals surface area contributed by atoms with Crippen LogP contribution >= 0.6 is 0 Å². The first-order valence-corrected chi connectivity index (χ1v) is 12.4. The topological polar surface area (TPSA) is 75.8 Å². The summed E-state index contributed by atoms with van der Waals surface area (Å²) in [6, 6.07) is 9.90. The average molecular weight is 466 g/mol. The summed E-state index contributed by atoms with van der Waals surface area (Å²) < 4.78 is 9.00. The molecule has 34 heavy (non-hydrogen) atoms. The van der Waals surface area contributed by atoms with Crippen LogP contribution in [0.25, 0.3) is 11.0 Å². The number of hydrogen-bond acceptors (Lipinski definition) is 6. The Balaban J connectivity index is 1.17. The van der Waals surface area contributed by atoms with Gasteiger partial charge in [-0.15, -0.1) is 0 Å². The summed E-state index contributed by atoms with van der Waals surface area (Å²) in [4.78, 5) is 21.6. The molecule has 0 spiro atoms. The van der Waals surface area contributed by atoms with Gasteiger partial charge in [-0.3, -0.25) is 19.0 Å². The molecule has 182 valence electrons. The van der Waals surface area contributed by atoms with E-state index in [1.165, 1.54) is 5.69 Å². The van der Waals surface area contributed by atoms with E-state index in [1.807, 2.05) is 54.3 Å². The molecule has 3 heterocycles. The van der Waals surface area contributed by atoms with Crippen LogP contribution < -0.4 is 15.3 Å². The van der Waals surface area contributed by atoms with Crippen molar-refractivity contribution in [2.75, 3.05) is 38.2 Å². The van der Waals surface area contributed by atoms with Gasteiger partial charge in [-0.2, -0.15) is 0 Å². The summed E-state index contributed by atoms with van der Waals surface area (Å²) >= 11 is 0. The van der Waals surface area contributed by atoms with Gasteiger partial charge in [0.2, 0.25) is 0 Å². The second-order valence-corrected chi connectivity index (χ2v) is 9.73. The Labute approximate surface area is 200 Å². The maximum atomic E-state index is 12.9. The van der Waals surface area contributed by atoms with E-state index in [2.05, 4.69) is 14.8 Å². The molecule has 2 aromatic heterocycles. The fourth-order valence-corrected chi connectivity index (χ4v) is 5.72. The number of benzene rings is 1. The lowest BCUT2D eigenvalue weighted by atomic mass is 9.80. The minimum Gasteiger partial charge on any atom is -0.497 e. The molecule has 1 saturated carbocycles. The molecule has 8 nitrogen and oxygen atoms in total. The molecule has 0 amide bonds. The highest BCUT2D eigenvalue weighted by Gasteiger charge is 2.32. The van der Waals surface area contributed by atoms with Gasteiger partial charge in [-0.1, -0.05) is 0 Å². The first-order valence-electron chi connectivity index (χ1n) is 12.4. The first kappa shape index (κ1) is 22.9. The van der Waals surface area contributed by atoms with Gasteiger partial charge in [0.1, 0.15) is 12.0 Å². The summed E-state index contributed by atoms with van der Waals surface area (Å²) in [5.41, 5.74) is 3.09. The molecule has 1 aliphatic heterocycles. The zero-order chi connectivity index (χ0) is 23.7. The van der Waals surface area contributed by atoms with Crippen molar-refractivity contribution in [1.29, 1.82) is 0 Å². The summed E-state index contributed by atoms with van der Waals surface area (Å²) in [6.45, 7) is 4.30. The molecule has 2 aliphatic rings. The number of pyridine rings is 1. The molecule has 8 heteroatoms. The smallest absolute Gasteiger partial charge is 0.328 e. The van der Waals surface area contributed by atoms with Gasteiger partial charge in [-0.05, 0) is 61.8 Å². The van der Waals surface area contributed by atoms with E-state index in [0.29, 0.717) is 11.8 Å². The van der Waals surface area contributed by atoms with E-state index in [0.717, 1.165) is 75.2 Å². The Morgan fingerprint density at radius 1 is 1.03 bits per heavy atom. The highest BCUT2D eigenvalue weighted by atomic mass is 16.5. The molecule has 0 bridgehead atoms. The van der Waals surface area contributed by atoms with Crippen LogP contribution in [0.1, 0.15) is 25.7 Å². The zero-order valence-corrected chi connectivity index (χ0v) is 20.1. The maximum Gasteiger partial charge on any atom is 0.328 e. The predicted molar refractivity (Wildman–Crippen MR) is 133 cm³/mol. The Kier molecular flexibility index (Phi) is 6.61. The van der Waals surface area contributed by atoms with Crippen molar-refractivity contribution in [2.24, 2.45) is 18.9 Å². The van der Waals surface area contributed by atoms with Crippen LogP contribution in [0.5, 0.6) is 5.75 Å². The number of hydrogen-bond donors (Lipinski definition) is 1. The second-order valence-electron chi connectivity index (χ2n) is 9.73. The summed E-state index contributed by atoms with van der Waals surface area (Å²) in [5.74, 6) is 1.51. The first-order chi connectivity index (χ1) is 16.5. The van der Waals surface area contributed by atoms with Gasteiger partial charge in [0.15, 0.2) is 0 Å². The summed E-state index contributed by atoms with van der Waals surface area (Å²) in [7, 11) is 3.48. The molecule has 1 unspecified atom stereocenters. The fourth-order valence-electron chi connectivity index (χ4n) is 5.72. The van der Waals surface area contributed by atoms with Gasteiger partial charge >= 0.3 is 5.69 Å². The van der Waals surface area contributed by atoms with Gasteiger partial charge in [0, 0.05) is 63.9 Å². The zero-order valence-electron chi connectivity index (χ0n) is 20.1. The Morgan fingerprint density at radius 3 is 2.41 bits per heavy atom. The Bertz CT molecular complexity index is 1160. The van der Waals surface area contributed by atoms with Crippen molar-refractivity contribution in [3.63, 3.8) is 0 Å². The number of anilines is 1. The van der Waals surface area contributed by atoms with Gasteiger partial charge in [-0.25, -0.2) is 4.79 Å². The van der Waals surface area contributed by atoms with Crippen LogP contribution in [0, 0.1) is 11.8 Å². The van der Waals surface area contributed by atoms with Crippen LogP contribution in [-0.2, 0) is 13.6 Å². The van der Waals surface area contributed by atoms with E-state index >= 15 is 0 Å². The van der Waals surface area contributed by atoms with Crippen LogP contribution in [0.2, 0.25) is 0 Å². The number of aliphatic hydroxyl groups excluding tert-OH is 1. The number of nitrogens with zero attached hydrogens (tertiary/aromatic N) is 5. The van der Waals surface area contributed by atoms with Gasteiger partial charge in [0.05, 0.1) is 18.1 Å². The third kappa shape index (κ3) is 4.44. The lowest BCUT2D eigenvalue weighted by molar-refractivity contribution is -0.0570. The largest absolute Gasteiger partial charge is 0.497 e. The van der Waals surface area contributed by atoms with Gasteiger partial charge < -0.3 is 14.7 Å². The molecule has 0 radical (unpaired) electrons. The Morgan fingerprint density at radius 2 is 1.74 bits per heavy atom. The molecule has 1 atom stereocenters. The number of aromatic nitrogens is 3. The van der Waals surface area contributed by atoms with Crippen LogP contribution in [-0.4, -0.2) is 63.6 Å². The number of rotatable bonds is 6. The predicted octanol–water partition coefficient (Wildman–Crippen LogP) is 2.69. The standard InChI is InChI=1S/C26H35N5O3/c1-28-23-8-7-22(34-2)17-24(23)31(26(28)33)18-19-3-5-20(6-4-19)25(32)30-15-13-29(14-16-30)21-9-11-27-12-10-21/h7-12,17,19-20,25,32H,3-6,13-16,18H2,1-2H3. The van der Waals surface area contributed by atoms with Crippen LogP contribution in [0.15, 0.2) is 47.5 Å². The number of piperazine rings is 1. The highest BCUT2D eigenvalue weighted by molar-refractivity contribution is 5.77. The van der Waals surface area contributed by atoms with Crippen molar-refractivity contribution >= 4 is 16.7 Å². The van der Waals surface area contributed by atoms with Crippen molar-refractivity contribution in [1.82, 2.24) is 19.0 Å². The maximum absolute atomic E-state index is 12.9. The SMILES string of the molecule is COc1ccc2c(c1)n(CC1CCC(C(O)N3CCN(c4ccncc4)CC3)CC1)c(=O)n2C. The molecule has 2 fully saturated rings. The van der Waals surface area contributed by atoms with Crippen molar-refractivity contribution in [2.45, 2.75) is 38.5 Å². The summed E-state index contributed by atoms with van der Waals surface area (Å²) in [6.07, 6.45) is 7.34. The van der Waals surface area contributed by atoms with E-state index < -0.39 is 0 Å². The number of methoxy groups -OCH3 is 1. The van der Waals surface area contributed by atoms with Crippen molar-refractivity contribution in [3.05, 3.63) is 53.2 Å². The van der Waals surface area contributed by atoms with E-state index in [1.54, 1.807) is 11.7 Å². The Hall–Kier alpha value is -2.84. The summed E-state index contributed by atoms with van der Waals surface area (Å²) in [5, 5.41) is 11.1. The molecule has 1 aliphatic carbocycles. The number of imidazole rings is 1. The average Bonchev–Trinajstić information content (AvgIpc) is 3.13. The van der Waals surface area contributed by atoms with E-state index in [9.17, 15) is 9.90 Å². The second kappa shape index (κ2) is 9.80. The molecule has 1 N–H and O–H groups in total. The number of aryl methyl sites for hydroxylation is 1. The van der Waals surface area contributed by atoms with Crippen molar-refractivity contribution < 1.29 is 9.84 Å². The van der Waals surface area contributed by atoms with E-state index in [4.69, 9.17) is 4.74 Å². The quantitative estimate of drug-likeness (QED) is 0.603. The molecule has 1 saturated heterocycles.